The van der Waals surface area contributed by atoms with E-state index >= 15 is 0 Å². The minimum atomic E-state index is -0.451. The fraction of sp³-hybridized carbons (Fsp3) is 0.133. The third-order valence-corrected chi connectivity index (χ3v) is 3.77. The fourth-order valence-electron chi connectivity index (χ4n) is 1.85. The number of halogens is 4. The molecule has 1 nitrogen and oxygen atoms in total. The van der Waals surface area contributed by atoms with E-state index in [1.54, 1.807) is 18.2 Å². The minimum absolute atomic E-state index is 0.0477. The summed E-state index contributed by atoms with van der Waals surface area (Å²) in [5.41, 5.74) is 0.828. The van der Waals surface area contributed by atoms with Crippen LogP contribution in [0.25, 0.3) is 0 Å². The van der Waals surface area contributed by atoms with Crippen LogP contribution in [-0.4, -0.2) is 5.78 Å². The maximum atomic E-state index is 13.6. The van der Waals surface area contributed by atoms with Gasteiger partial charge >= 0.3 is 0 Å². The Morgan fingerprint density at radius 2 is 1.65 bits per heavy atom. The van der Waals surface area contributed by atoms with Crippen LogP contribution in [-0.2, 0) is 17.6 Å². The van der Waals surface area contributed by atoms with Gasteiger partial charge in [0.25, 0.3) is 0 Å². The van der Waals surface area contributed by atoms with Crippen LogP contribution in [0.5, 0.6) is 0 Å². The second-order valence-electron chi connectivity index (χ2n) is 4.33. The largest absolute Gasteiger partial charge is 0.299 e. The maximum Gasteiger partial charge on any atom is 0.141 e. The van der Waals surface area contributed by atoms with E-state index in [1.165, 1.54) is 18.2 Å². The van der Waals surface area contributed by atoms with Crippen LogP contribution in [0.15, 0.2) is 36.4 Å². The monoisotopic (exact) mass is 330 g/mol. The summed E-state index contributed by atoms with van der Waals surface area (Å²) in [6, 6.07) is 9.16. The summed E-state index contributed by atoms with van der Waals surface area (Å²) in [5.74, 6) is -0.630. The normalized spacial score (nSPS) is 10.6. The number of rotatable bonds is 4. The smallest absolute Gasteiger partial charge is 0.141 e. The Hall–Kier alpha value is -1.09. The average Bonchev–Trinajstić information content (AvgIpc) is 2.38. The topological polar surface area (TPSA) is 17.1 Å². The van der Waals surface area contributed by atoms with Gasteiger partial charge in [-0.2, -0.15) is 0 Å². The highest BCUT2D eigenvalue weighted by atomic mass is 35.5. The first-order valence-corrected chi connectivity index (χ1v) is 6.99. The first kappa shape index (κ1) is 15.3. The molecule has 0 amide bonds. The van der Waals surface area contributed by atoms with Crippen molar-refractivity contribution in [2.45, 2.75) is 12.8 Å². The van der Waals surface area contributed by atoms with Gasteiger partial charge in [-0.25, -0.2) is 4.39 Å². The molecule has 0 atom stereocenters. The van der Waals surface area contributed by atoms with Crippen molar-refractivity contribution in [2.75, 3.05) is 0 Å². The van der Waals surface area contributed by atoms with E-state index in [4.69, 9.17) is 34.8 Å². The second-order valence-corrected chi connectivity index (χ2v) is 5.58. The standard InChI is InChI=1S/C15H10Cl3FO/c16-10-4-5-15(19)9(6-10)7-11(20)8-12-13(17)2-1-3-14(12)18/h1-6H,7-8H2. The molecule has 104 valence electrons. The molecule has 0 unspecified atom stereocenters. The molecule has 0 saturated heterocycles. The molecule has 5 heteroatoms. The first-order chi connectivity index (χ1) is 9.47. The molecular weight excluding hydrogens is 322 g/mol. The average molecular weight is 332 g/mol. The molecular formula is C15H10Cl3FO. The molecule has 0 aliphatic rings. The van der Waals surface area contributed by atoms with Gasteiger partial charge < -0.3 is 0 Å². The van der Waals surface area contributed by atoms with Crippen molar-refractivity contribution < 1.29 is 9.18 Å². The highest BCUT2D eigenvalue weighted by molar-refractivity contribution is 6.36. The van der Waals surface area contributed by atoms with Gasteiger partial charge in [-0.05, 0) is 41.5 Å². The maximum absolute atomic E-state index is 13.6. The lowest BCUT2D eigenvalue weighted by molar-refractivity contribution is -0.117. The lowest BCUT2D eigenvalue weighted by atomic mass is 10.0. The molecule has 0 aliphatic heterocycles. The van der Waals surface area contributed by atoms with Gasteiger partial charge in [0.1, 0.15) is 11.6 Å². The molecule has 0 N–H and O–H groups in total. The Kier molecular flexibility index (Phi) is 5.03. The molecule has 0 heterocycles. The van der Waals surface area contributed by atoms with Crippen LogP contribution in [0, 0.1) is 5.82 Å². The predicted octanol–water partition coefficient (Wildman–Crippen LogP) is 5.14. The molecule has 0 radical (unpaired) electrons. The first-order valence-electron chi connectivity index (χ1n) is 5.86. The molecule has 2 aromatic rings. The lowest BCUT2D eigenvalue weighted by Crippen LogP contribution is -2.08. The zero-order valence-corrected chi connectivity index (χ0v) is 12.6. The van der Waals surface area contributed by atoms with Crippen LogP contribution in [0.3, 0.4) is 0 Å². The van der Waals surface area contributed by atoms with E-state index in [2.05, 4.69) is 0 Å². The molecule has 0 spiro atoms. The van der Waals surface area contributed by atoms with Gasteiger partial charge in [-0.3, -0.25) is 4.79 Å². The van der Waals surface area contributed by atoms with Gasteiger partial charge in [0.05, 0.1) is 0 Å². The number of carbonyl (C=O) groups excluding carboxylic acids is 1. The highest BCUT2D eigenvalue weighted by Gasteiger charge is 2.13. The Balaban J connectivity index is 2.15. The van der Waals surface area contributed by atoms with Crippen LogP contribution in [0.4, 0.5) is 4.39 Å². The van der Waals surface area contributed by atoms with Crippen molar-refractivity contribution in [1.82, 2.24) is 0 Å². The summed E-state index contributed by atoms with van der Waals surface area (Å²) in [6.07, 6.45) is 0.0123. The zero-order chi connectivity index (χ0) is 14.7. The molecule has 20 heavy (non-hydrogen) atoms. The summed E-state index contributed by atoms with van der Waals surface area (Å²) in [4.78, 5) is 12.0. The van der Waals surface area contributed by atoms with E-state index in [-0.39, 0.29) is 24.2 Å². The molecule has 2 rings (SSSR count). The van der Waals surface area contributed by atoms with Crippen LogP contribution in [0.1, 0.15) is 11.1 Å². The summed E-state index contributed by atoms with van der Waals surface area (Å²) < 4.78 is 13.6. The van der Waals surface area contributed by atoms with Crippen molar-refractivity contribution in [2.24, 2.45) is 0 Å². The Labute approximate surface area is 131 Å². The molecule has 0 fully saturated rings. The number of ketones is 1. The summed E-state index contributed by atoms with van der Waals surface area (Å²) >= 11 is 17.8. The zero-order valence-electron chi connectivity index (χ0n) is 10.3. The van der Waals surface area contributed by atoms with Crippen LogP contribution < -0.4 is 0 Å². The third kappa shape index (κ3) is 3.72. The summed E-state index contributed by atoms with van der Waals surface area (Å²) in [6.45, 7) is 0. The number of hydrogen-bond acceptors (Lipinski definition) is 1. The summed E-state index contributed by atoms with van der Waals surface area (Å²) in [7, 11) is 0. The molecule has 0 aromatic heterocycles. The minimum Gasteiger partial charge on any atom is -0.299 e. The Bertz CT molecular complexity index is 635. The van der Waals surface area contributed by atoms with Crippen LogP contribution >= 0.6 is 34.8 Å². The van der Waals surface area contributed by atoms with E-state index in [1.807, 2.05) is 0 Å². The van der Waals surface area contributed by atoms with Gasteiger partial charge in [0.2, 0.25) is 0 Å². The van der Waals surface area contributed by atoms with E-state index in [0.717, 1.165) is 0 Å². The molecule has 0 bridgehead atoms. The van der Waals surface area contributed by atoms with E-state index in [9.17, 15) is 9.18 Å². The van der Waals surface area contributed by atoms with Gasteiger partial charge in [0.15, 0.2) is 0 Å². The van der Waals surface area contributed by atoms with E-state index in [0.29, 0.717) is 20.6 Å². The number of benzene rings is 2. The Morgan fingerprint density at radius 1 is 1.00 bits per heavy atom. The Morgan fingerprint density at radius 3 is 2.30 bits per heavy atom. The van der Waals surface area contributed by atoms with Gasteiger partial charge in [0, 0.05) is 27.9 Å². The second kappa shape index (κ2) is 6.57. The van der Waals surface area contributed by atoms with Crippen LogP contribution in [0.2, 0.25) is 15.1 Å². The van der Waals surface area contributed by atoms with Crippen molar-refractivity contribution in [1.29, 1.82) is 0 Å². The van der Waals surface area contributed by atoms with Gasteiger partial charge in [-0.1, -0.05) is 40.9 Å². The van der Waals surface area contributed by atoms with Crippen molar-refractivity contribution in [3.63, 3.8) is 0 Å². The molecule has 2 aromatic carbocycles. The summed E-state index contributed by atoms with van der Waals surface area (Å²) in [5, 5.41) is 1.25. The third-order valence-electron chi connectivity index (χ3n) is 2.83. The number of Topliss-reactive ketones (excluding diaryl/α,β-unsaturated/α-hetero) is 1. The van der Waals surface area contributed by atoms with Gasteiger partial charge in [-0.15, -0.1) is 0 Å². The van der Waals surface area contributed by atoms with E-state index < -0.39 is 5.82 Å². The SMILES string of the molecule is O=C(Cc1cc(Cl)ccc1F)Cc1c(Cl)cccc1Cl. The number of hydrogen-bond donors (Lipinski definition) is 0. The predicted molar refractivity (Wildman–Crippen MR) is 80.3 cm³/mol. The fourth-order valence-corrected chi connectivity index (χ4v) is 2.58. The number of carbonyl (C=O) groups is 1. The molecule has 0 saturated carbocycles. The van der Waals surface area contributed by atoms with Crippen molar-refractivity contribution in [3.8, 4) is 0 Å². The molecule has 0 aliphatic carbocycles. The van der Waals surface area contributed by atoms with Crippen molar-refractivity contribution >= 4 is 40.6 Å². The quantitative estimate of drug-likeness (QED) is 0.758. The lowest BCUT2D eigenvalue weighted by Gasteiger charge is -2.07. The van der Waals surface area contributed by atoms with Crippen molar-refractivity contribution in [3.05, 3.63) is 68.4 Å². The highest BCUT2D eigenvalue weighted by Crippen LogP contribution is 2.25.